The first kappa shape index (κ1) is 25.6. The molecule has 0 bridgehead atoms. The molecule has 7 heteroatoms. The number of nitrogens with zero attached hydrogens (tertiary/aromatic N) is 1. The molecule has 2 aliphatic rings. The Morgan fingerprint density at radius 1 is 1.30 bits per heavy atom. The Labute approximate surface area is 200 Å². The SMILES string of the molecule is [B]C1(N(CCN)Cc2ccc(OCCCC(=O)NC[C@H]3C=CCCC3)cc2OC)CCCC1. The number of methoxy groups -OCH3 is 1. The highest BCUT2D eigenvalue weighted by Gasteiger charge is 2.34. The Kier molecular flexibility index (Phi) is 10.1. The van der Waals surface area contributed by atoms with Crippen molar-refractivity contribution in [1.82, 2.24) is 10.2 Å². The molecule has 0 heterocycles. The van der Waals surface area contributed by atoms with Crippen molar-refractivity contribution in [2.45, 2.75) is 69.8 Å². The van der Waals surface area contributed by atoms with Crippen LogP contribution in [0.4, 0.5) is 0 Å². The van der Waals surface area contributed by atoms with Crippen LogP contribution in [0.3, 0.4) is 0 Å². The van der Waals surface area contributed by atoms with E-state index in [1.165, 1.54) is 6.42 Å². The second-order valence-electron chi connectivity index (χ2n) is 9.37. The Balaban J connectivity index is 1.45. The van der Waals surface area contributed by atoms with Crippen molar-refractivity contribution >= 4 is 13.8 Å². The minimum atomic E-state index is -0.284. The molecule has 0 unspecified atom stereocenters. The van der Waals surface area contributed by atoms with Gasteiger partial charge in [-0.2, -0.15) is 0 Å². The molecule has 0 aliphatic heterocycles. The van der Waals surface area contributed by atoms with E-state index in [-0.39, 0.29) is 11.3 Å². The summed E-state index contributed by atoms with van der Waals surface area (Å²) in [7, 11) is 8.37. The monoisotopic (exact) mass is 453 g/mol. The van der Waals surface area contributed by atoms with Crippen molar-refractivity contribution in [1.29, 1.82) is 0 Å². The van der Waals surface area contributed by atoms with E-state index in [9.17, 15) is 4.79 Å². The van der Waals surface area contributed by atoms with E-state index >= 15 is 0 Å². The standard InChI is InChI=1S/C26H40BN3O3/c1-32-24-18-23(33-17-7-10-25(31)29-19-21-8-3-2-4-9-21)12-11-22(24)20-30(16-15-28)26(27)13-5-6-14-26/h3,8,11-12,18,21H,2,4-7,9-10,13-17,19-20,28H2,1H3,(H,29,31)/t21-/m0/s1. The molecule has 1 amide bonds. The van der Waals surface area contributed by atoms with Gasteiger partial charge in [0.15, 0.2) is 0 Å². The molecular weight excluding hydrogens is 413 g/mol. The third kappa shape index (κ3) is 7.78. The van der Waals surface area contributed by atoms with E-state index in [1.807, 2.05) is 18.2 Å². The third-order valence-electron chi connectivity index (χ3n) is 6.85. The van der Waals surface area contributed by atoms with Gasteiger partial charge in [-0.3, -0.25) is 4.79 Å². The minimum Gasteiger partial charge on any atom is -0.496 e. The molecule has 33 heavy (non-hydrogen) atoms. The van der Waals surface area contributed by atoms with Crippen molar-refractivity contribution in [3.8, 4) is 11.5 Å². The van der Waals surface area contributed by atoms with Gasteiger partial charge in [0.2, 0.25) is 5.91 Å². The lowest BCUT2D eigenvalue weighted by molar-refractivity contribution is -0.121. The van der Waals surface area contributed by atoms with Crippen molar-refractivity contribution in [2.75, 3.05) is 33.4 Å². The lowest BCUT2D eigenvalue weighted by Gasteiger charge is -2.39. The molecule has 1 saturated carbocycles. The van der Waals surface area contributed by atoms with Gasteiger partial charge in [-0.05, 0) is 55.9 Å². The number of hydrogen-bond donors (Lipinski definition) is 2. The number of nitrogens with two attached hydrogens (primary N) is 1. The van der Waals surface area contributed by atoms with Crippen molar-refractivity contribution in [2.24, 2.45) is 11.7 Å². The van der Waals surface area contributed by atoms with Gasteiger partial charge in [0.05, 0.1) is 21.6 Å². The van der Waals surface area contributed by atoms with Gasteiger partial charge in [-0.25, -0.2) is 0 Å². The van der Waals surface area contributed by atoms with Crippen LogP contribution in [-0.4, -0.2) is 57.4 Å². The summed E-state index contributed by atoms with van der Waals surface area (Å²) in [4.78, 5) is 14.4. The zero-order valence-electron chi connectivity index (χ0n) is 20.2. The number of allylic oxidation sites excluding steroid dienone is 1. The van der Waals surface area contributed by atoms with E-state index in [4.69, 9.17) is 23.1 Å². The molecule has 180 valence electrons. The maximum atomic E-state index is 12.1. The number of ether oxygens (including phenoxy) is 2. The van der Waals surface area contributed by atoms with Crippen LogP contribution >= 0.6 is 0 Å². The van der Waals surface area contributed by atoms with Crippen LogP contribution in [0.5, 0.6) is 11.5 Å². The predicted molar refractivity (Wildman–Crippen MR) is 134 cm³/mol. The summed E-state index contributed by atoms with van der Waals surface area (Å²) >= 11 is 0. The van der Waals surface area contributed by atoms with Gasteiger partial charge >= 0.3 is 0 Å². The summed E-state index contributed by atoms with van der Waals surface area (Å²) in [5.41, 5.74) is 6.66. The largest absolute Gasteiger partial charge is 0.496 e. The van der Waals surface area contributed by atoms with Gasteiger partial charge < -0.3 is 25.4 Å². The van der Waals surface area contributed by atoms with Crippen LogP contribution in [0.1, 0.15) is 63.4 Å². The molecule has 2 radical (unpaired) electrons. The average molecular weight is 453 g/mol. The van der Waals surface area contributed by atoms with Crippen molar-refractivity contribution in [3.63, 3.8) is 0 Å². The summed E-state index contributed by atoms with van der Waals surface area (Å²) in [5.74, 6) is 2.10. The topological polar surface area (TPSA) is 76.8 Å². The average Bonchev–Trinajstić information content (AvgIpc) is 3.29. The van der Waals surface area contributed by atoms with Crippen LogP contribution < -0.4 is 20.5 Å². The molecule has 1 aromatic rings. The first-order chi connectivity index (χ1) is 16.0. The Morgan fingerprint density at radius 3 is 2.82 bits per heavy atom. The lowest BCUT2D eigenvalue weighted by atomic mass is 9.74. The minimum absolute atomic E-state index is 0.0909. The number of hydrogen-bond acceptors (Lipinski definition) is 5. The van der Waals surface area contributed by atoms with Gasteiger partial charge in [0.1, 0.15) is 11.5 Å². The molecule has 6 nitrogen and oxygen atoms in total. The molecule has 0 spiro atoms. The number of benzene rings is 1. The zero-order chi connectivity index (χ0) is 23.5. The first-order valence-corrected chi connectivity index (χ1v) is 12.5. The zero-order valence-corrected chi connectivity index (χ0v) is 20.2. The summed E-state index contributed by atoms with van der Waals surface area (Å²) in [6.45, 7) is 3.27. The predicted octanol–water partition coefficient (Wildman–Crippen LogP) is 3.53. The molecule has 0 saturated heterocycles. The highest BCUT2D eigenvalue weighted by atomic mass is 16.5. The van der Waals surface area contributed by atoms with Crippen LogP contribution in [-0.2, 0) is 11.3 Å². The van der Waals surface area contributed by atoms with E-state index in [0.717, 1.165) is 68.7 Å². The fourth-order valence-corrected chi connectivity index (χ4v) is 4.88. The normalized spacial score (nSPS) is 19.5. The molecule has 0 aromatic heterocycles. The third-order valence-corrected chi connectivity index (χ3v) is 6.85. The Bertz CT molecular complexity index is 780. The second-order valence-corrected chi connectivity index (χ2v) is 9.37. The molecule has 1 aromatic carbocycles. The number of nitrogens with one attached hydrogen (secondary N) is 1. The van der Waals surface area contributed by atoms with Crippen molar-refractivity contribution < 1.29 is 14.3 Å². The van der Waals surface area contributed by atoms with E-state index < -0.39 is 0 Å². The fourth-order valence-electron chi connectivity index (χ4n) is 4.88. The smallest absolute Gasteiger partial charge is 0.220 e. The molecule has 1 fully saturated rings. The number of amides is 1. The number of carbonyl (C=O) groups excluding carboxylic acids is 1. The van der Waals surface area contributed by atoms with Crippen LogP contribution in [0.25, 0.3) is 0 Å². The van der Waals surface area contributed by atoms with Crippen LogP contribution in [0.2, 0.25) is 0 Å². The Hall–Kier alpha value is -1.99. The lowest BCUT2D eigenvalue weighted by Crippen LogP contribution is -2.48. The summed E-state index contributed by atoms with van der Waals surface area (Å²) in [6.07, 6.45) is 13.4. The van der Waals surface area contributed by atoms with Gasteiger partial charge in [0, 0.05) is 44.2 Å². The highest BCUT2D eigenvalue weighted by molar-refractivity contribution is 6.15. The second kappa shape index (κ2) is 13.0. The highest BCUT2D eigenvalue weighted by Crippen LogP contribution is 2.35. The van der Waals surface area contributed by atoms with Crippen LogP contribution in [0.15, 0.2) is 30.4 Å². The summed E-state index contributed by atoms with van der Waals surface area (Å²) in [5, 5.41) is 3.04. The van der Waals surface area contributed by atoms with Gasteiger partial charge in [-0.15, -0.1) is 0 Å². The van der Waals surface area contributed by atoms with Crippen LogP contribution in [0, 0.1) is 5.92 Å². The molecule has 1 atom stereocenters. The quantitative estimate of drug-likeness (QED) is 0.272. The number of carbonyl (C=O) groups is 1. The maximum Gasteiger partial charge on any atom is 0.220 e. The Morgan fingerprint density at radius 2 is 2.12 bits per heavy atom. The molecular formula is C26H40BN3O3. The number of rotatable bonds is 13. The maximum absolute atomic E-state index is 12.1. The van der Waals surface area contributed by atoms with E-state index in [2.05, 4.69) is 22.4 Å². The van der Waals surface area contributed by atoms with E-state index in [0.29, 0.717) is 38.5 Å². The molecule has 3 rings (SSSR count). The fraction of sp³-hybridized carbons (Fsp3) is 0.654. The van der Waals surface area contributed by atoms with Gasteiger partial charge in [0.25, 0.3) is 0 Å². The van der Waals surface area contributed by atoms with Gasteiger partial charge in [-0.1, -0.05) is 31.1 Å². The first-order valence-electron chi connectivity index (χ1n) is 12.5. The summed E-state index contributed by atoms with van der Waals surface area (Å²) < 4.78 is 11.5. The molecule has 2 aliphatic carbocycles. The van der Waals surface area contributed by atoms with Crippen molar-refractivity contribution in [3.05, 3.63) is 35.9 Å². The van der Waals surface area contributed by atoms with E-state index in [1.54, 1.807) is 7.11 Å². The summed E-state index contributed by atoms with van der Waals surface area (Å²) in [6, 6.07) is 5.93. The molecule has 3 N–H and O–H groups in total.